The molecule has 1 aromatic carbocycles. The summed E-state index contributed by atoms with van der Waals surface area (Å²) in [6.45, 7) is 4.03. The molecule has 0 heterocycles. The third kappa shape index (κ3) is 4.89. The Labute approximate surface area is 130 Å². The fourth-order valence-corrected chi connectivity index (χ4v) is 3.03. The second-order valence-corrected chi connectivity index (χ2v) is 7.21. The van der Waals surface area contributed by atoms with Crippen molar-refractivity contribution in [1.29, 1.82) is 0 Å². The van der Waals surface area contributed by atoms with E-state index in [1.54, 1.807) is 0 Å². The SMILES string of the molecule is CCCC(CC)NC(=O)c1ccc(OC)c(S(=O)(=O)Cl)c1. The van der Waals surface area contributed by atoms with E-state index in [0.29, 0.717) is 0 Å². The fourth-order valence-electron chi connectivity index (χ4n) is 2.00. The van der Waals surface area contributed by atoms with Gasteiger partial charge in [0.25, 0.3) is 15.0 Å². The zero-order chi connectivity index (χ0) is 16.0. The van der Waals surface area contributed by atoms with E-state index in [2.05, 4.69) is 5.32 Å². The molecule has 21 heavy (non-hydrogen) atoms. The van der Waals surface area contributed by atoms with Crippen molar-refractivity contribution in [3.8, 4) is 5.75 Å². The Morgan fingerprint density at radius 2 is 2.05 bits per heavy atom. The fraction of sp³-hybridized carbons (Fsp3) is 0.500. The van der Waals surface area contributed by atoms with E-state index in [1.165, 1.54) is 25.3 Å². The average molecular weight is 334 g/mol. The predicted molar refractivity (Wildman–Crippen MR) is 82.5 cm³/mol. The summed E-state index contributed by atoms with van der Waals surface area (Å²) in [6.07, 6.45) is 2.65. The van der Waals surface area contributed by atoms with Gasteiger partial charge in [0.15, 0.2) is 0 Å². The zero-order valence-corrected chi connectivity index (χ0v) is 13.9. The van der Waals surface area contributed by atoms with Crippen LogP contribution < -0.4 is 10.1 Å². The summed E-state index contributed by atoms with van der Waals surface area (Å²) in [6, 6.07) is 4.24. The number of nitrogens with one attached hydrogen (secondary N) is 1. The molecule has 1 atom stereocenters. The summed E-state index contributed by atoms with van der Waals surface area (Å²) in [5.41, 5.74) is 0.240. The quantitative estimate of drug-likeness (QED) is 0.779. The maximum Gasteiger partial charge on any atom is 0.265 e. The maximum atomic E-state index is 12.2. The van der Waals surface area contributed by atoms with Crippen LogP contribution in [0.15, 0.2) is 23.1 Å². The molecule has 5 nitrogen and oxygen atoms in total. The number of methoxy groups -OCH3 is 1. The number of ether oxygens (including phenoxy) is 1. The van der Waals surface area contributed by atoms with Crippen molar-refractivity contribution in [1.82, 2.24) is 5.32 Å². The van der Waals surface area contributed by atoms with Gasteiger partial charge in [0.05, 0.1) is 7.11 Å². The molecule has 0 aliphatic rings. The summed E-state index contributed by atoms with van der Waals surface area (Å²) < 4.78 is 28.0. The van der Waals surface area contributed by atoms with Crippen molar-refractivity contribution in [3.05, 3.63) is 23.8 Å². The number of benzene rings is 1. The zero-order valence-electron chi connectivity index (χ0n) is 12.3. The molecule has 0 aliphatic heterocycles. The van der Waals surface area contributed by atoms with Crippen LogP contribution in [0, 0.1) is 0 Å². The van der Waals surface area contributed by atoms with Crippen molar-refractivity contribution in [2.75, 3.05) is 7.11 Å². The minimum atomic E-state index is -3.98. The smallest absolute Gasteiger partial charge is 0.265 e. The third-order valence-corrected chi connectivity index (χ3v) is 4.50. The molecule has 0 saturated carbocycles. The van der Waals surface area contributed by atoms with Crippen molar-refractivity contribution < 1.29 is 17.9 Å². The van der Waals surface area contributed by atoms with Gasteiger partial charge in [-0.15, -0.1) is 0 Å². The second kappa shape index (κ2) is 7.66. The molecular formula is C14H20ClNO4S. The first-order valence-electron chi connectivity index (χ1n) is 6.77. The van der Waals surface area contributed by atoms with Crippen LogP contribution in [-0.2, 0) is 9.05 Å². The summed E-state index contributed by atoms with van der Waals surface area (Å²) in [4.78, 5) is 12.0. The minimum Gasteiger partial charge on any atom is -0.495 e. The maximum absolute atomic E-state index is 12.2. The van der Waals surface area contributed by atoms with Gasteiger partial charge in [-0.25, -0.2) is 8.42 Å². The van der Waals surface area contributed by atoms with E-state index < -0.39 is 9.05 Å². The Bertz CT molecular complexity index is 601. The summed E-state index contributed by atoms with van der Waals surface area (Å²) in [7, 11) is 2.73. The molecule has 0 fully saturated rings. The number of hydrogen-bond donors (Lipinski definition) is 1. The van der Waals surface area contributed by atoms with E-state index in [-0.39, 0.29) is 28.2 Å². The van der Waals surface area contributed by atoms with Crippen LogP contribution in [0.4, 0.5) is 0 Å². The second-order valence-electron chi connectivity index (χ2n) is 4.67. The van der Waals surface area contributed by atoms with Crippen LogP contribution in [0.2, 0.25) is 0 Å². The third-order valence-electron chi connectivity index (χ3n) is 3.15. The molecule has 1 N–H and O–H groups in total. The van der Waals surface area contributed by atoms with E-state index in [0.717, 1.165) is 19.3 Å². The van der Waals surface area contributed by atoms with E-state index in [9.17, 15) is 13.2 Å². The lowest BCUT2D eigenvalue weighted by atomic mass is 10.1. The Hall–Kier alpha value is -1.27. The number of rotatable bonds is 7. The lowest BCUT2D eigenvalue weighted by Gasteiger charge is -2.16. The van der Waals surface area contributed by atoms with Crippen LogP contribution in [0.5, 0.6) is 5.75 Å². The summed E-state index contributed by atoms with van der Waals surface area (Å²) in [5.74, 6) is -0.207. The van der Waals surface area contributed by atoms with E-state index in [1.807, 2.05) is 13.8 Å². The molecule has 1 unspecified atom stereocenters. The van der Waals surface area contributed by atoms with Crippen molar-refractivity contribution >= 4 is 25.6 Å². The molecule has 0 saturated heterocycles. The molecule has 0 bridgehead atoms. The highest BCUT2D eigenvalue weighted by molar-refractivity contribution is 8.13. The van der Waals surface area contributed by atoms with Crippen molar-refractivity contribution in [2.24, 2.45) is 0 Å². The van der Waals surface area contributed by atoms with Gasteiger partial charge in [-0.1, -0.05) is 20.3 Å². The van der Waals surface area contributed by atoms with Crippen LogP contribution >= 0.6 is 10.7 Å². The highest BCUT2D eigenvalue weighted by Gasteiger charge is 2.20. The largest absolute Gasteiger partial charge is 0.495 e. The molecule has 1 amide bonds. The number of halogens is 1. The van der Waals surface area contributed by atoms with Gasteiger partial charge < -0.3 is 10.1 Å². The standard InChI is InChI=1S/C14H20ClNO4S/c1-4-6-11(5-2)16-14(17)10-7-8-12(20-3)13(9-10)21(15,18)19/h7-9,11H,4-6H2,1-3H3,(H,16,17). The first kappa shape index (κ1) is 17.8. The van der Waals surface area contributed by atoms with Gasteiger partial charge in [-0.05, 0) is 31.0 Å². The Balaban J connectivity index is 3.06. The topological polar surface area (TPSA) is 72.5 Å². The highest BCUT2D eigenvalue weighted by atomic mass is 35.7. The normalized spacial score (nSPS) is 12.8. The molecular weight excluding hydrogens is 314 g/mol. The summed E-state index contributed by atoms with van der Waals surface area (Å²) in [5, 5.41) is 2.88. The molecule has 0 aromatic heterocycles. The summed E-state index contributed by atoms with van der Waals surface area (Å²) >= 11 is 0. The molecule has 0 spiro atoms. The van der Waals surface area contributed by atoms with Crippen molar-refractivity contribution in [2.45, 2.75) is 44.0 Å². The molecule has 1 rings (SSSR count). The molecule has 1 aromatic rings. The van der Waals surface area contributed by atoms with Gasteiger partial charge in [-0.3, -0.25) is 4.79 Å². The van der Waals surface area contributed by atoms with Crippen molar-refractivity contribution in [3.63, 3.8) is 0 Å². The van der Waals surface area contributed by atoms with Gasteiger partial charge in [-0.2, -0.15) is 0 Å². The predicted octanol–water partition coefficient (Wildman–Crippen LogP) is 2.93. The first-order chi connectivity index (χ1) is 9.83. The molecule has 7 heteroatoms. The van der Waals surface area contributed by atoms with Crippen LogP contribution in [0.3, 0.4) is 0 Å². The highest BCUT2D eigenvalue weighted by Crippen LogP contribution is 2.27. The minimum absolute atomic E-state index is 0.0701. The Morgan fingerprint density at radius 1 is 1.38 bits per heavy atom. The van der Waals surface area contributed by atoms with Gasteiger partial charge in [0.2, 0.25) is 0 Å². The Morgan fingerprint density at radius 3 is 2.52 bits per heavy atom. The van der Waals surface area contributed by atoms with Gasteiger partial charge in [0, 0.05) is 22.3 Å². The Kier molecular flexibility index (Phi) is 6.48. The van der Waals surface area contributed by atoms with Gasteiger partial charge in [0.1, 0.15) is 10.6 Å². The number of carbonyl (C=O) groups is 1. The van der Waals surface area contributed by atoms with Crippen LogP contribution in [0.1, 0.15) is 43.5 Å². The number of amides is 1. The first-order valence-corrected chi connectivity index (χ1v) is 9.08. The monoisotopic (exact) mass is 333 g/mol. The molecule has 0 radical (unpaired) electrons. The van der Waals surface area contributed by atoms with E-state index >= 15 is 0 Å². The number of carbonyl (C=O) groups excluding carboxylic acids is 1. The van der Waals surface area contributed by atoms with Crippen LogP contribution in [-0.4, -0.2) is 27.5 Å². The molecule has 0 aliphatic carbocycles. The van der Waals surface area contributed by atoms with Crippen LogP contribution in [0.25, 0.3) is 0 Å². The lowest BCUT2D eigenvalue weighted by molar-refractivity contribution is 0.0933. The lowest BCUT2D eigenvalue weighted by Crippen LogP contribution is -2.34. The number of hydrogen-bond acceptors (Lipinski definition) is 4. The molecule has 118 valence electrons. The average Bonchev–Trinajstić information content (AvgIpc) is 2.44. The van der Waals surface area contributed by atoms with E-state index in [4.69, 9.17) is 15.4 Å². The van der Waals surface area contributed by atoms with Gasteiger partial charge >= 0.3 is 0 Å².